The van der Waals surface area contributed by atoms with Gasteiger partial charge in [0.25, 0.3) is 0 Å². The van der Waals surface area contributed by atoms with Gasteiger partial charge in [0.15, 0.2) is 0 Å². The quantitative estimate of drug-likeness (QED) is 0.406. The summed E-state index contributed by atoms with van der Waals surface area (Å²) in [6.07, 6.45) is 0. The summed E-state index contributed by atoms with van der Waals surface area (Å²) in [4.78, 5) is 0. The van der Waals surface area contributed by atoms with E-state index in [1.165, 1.54) is 0 Å². The number of hydrazine groups is 1. The van der Waals surface area contributed by atoms with E-state index in [4.69, 9.17) is 5.84 Å². The van der Waals surface area contributed by atoms with Crippen LogP contribution in [0.4, 0.5) is 0 Å². The van der Waals surface area contributed by atoms with E-state index in [0.717, 1.165) is 0 Å². The van der Waals surface area contributed by atoms with Gasteiger partial charge in [-0.25, -0.2) is 0 Å². The molecule has 0 aliphatic heterocycles. The molecule has 9 heavy (non-hydrogen) atoms. The Balaban J connectivity index is 2.66. The molecule has 0 aromatic rings. The third-order valence-electron chi connectivity index (χ3n) is 3.19. The first-order valence-corrected chi connectivity index (χ1v) is 3.40. The van der Waals surface area contributed by atoms with Crippen molar-refractivity contribution < 1.29 is 0 Å². The molecule has 1 saturated carbocycles. The maximum absolute atomic E-state index is 5.34. The molecule has 0 spiro atoms. The second kappa shape index (κ2) is 1.50. The van der Waals surface area contributed by atoms with Gasteiger partial charge in [0.2, 0.25) is 0 Å². The van der Waals surface area contributed by atoms with Crippen molar-refractivity contribution in [2.24, 2.45) is 16.7 Å². The molecule has 1 fully saturated rings. The van der Waals surface area contributed by atoms with E-state index in [9.17, 15) is 0 Å². The largest absolute Gasteiger partial charge is 0.271 e. The molecule has 0 aromatic carbocycles. The Hall–Kier alpha value is -0.0800. The van der Waals surface area contributed by atoms with Crippen LogP contribution in [0.3, 0.4) is 0 Å². The Kier molecular flexibility index (Phi) is 1.17. The molecule has 0 saturated heterocycles. The van der Waals surface area contributed by atoms with Crippen molar-refractivity contribution in [2.75, 3.05) is 0 Å². The molecule has 0 heterocycles. The van der Waals surface area contributed by atoms with Crippen LogP contribution in [0.5, 0.6) is 0 Å². The second-order valence-corrected chi connectivity index (χ2v) is 4.04. The summed E-state index contributed by atoms with van der Waals surface area (Å²) in [5.74, 6) is 5.34. The van der Waals surface area contributed by atoms with Gasteiger partial charge in [-0.3, -0.25) is 11.3 Å². The fourth-order valence-electron chi connectivity index (χ4n) is 1.61. The highest BCUT2D eigenvalue weighted by atomic mass is 15.3. The van der Waals surface area contributed by atoms with Crippen LogP contribution in [0.1, 0.15) is 27.7 Å². The zero-order valence-electron chi connectivity index (χ0n) is 6.65. The molecule has 54 valence electrons. The summed E-state index contributed by atoms with van der Waals surface area (Å²) in [6.45, 7) is 8.93. The first-order valence-electron chi connectivity index (χ1n) is 3.40. The molecule has 0 unspecified atom stereocenters. The van der Waals surface area contributed by atoms with Gasteiger partial charge in [-0.1, -0.05) is 27.7 Å². The van der Waals surface area contributed by atoms with Crippen LogP contribution in [0.2, 0.25) is 0 Å². The van der Waals surface area contributed by atoms with Gasteiger partial charge in [0.1, 0.15) is 0 Å². The van der Waals surface area contributed by atoms with Crippen LogP contribution < -0.4 is 11.3 Å². The van der Waals surface area contributed by atoms with Crippen molar-refractivity contribution in [1.29, 1.82) is 0 Å². The monoisotopic (exact) mass is 128 g/mol. The van der Waals surface area contributed by atoms with Gasteiger partial charge >= 0.3 is 0 Å². The number of hydrogen-bond donors (Lipinski definition) is 2. The Bertz CT molecular complexity index is 113. The van der Waals surface area contributed by atoms with Gasteiger partial charge in [-0.2, -0.15) is 0 Å². The SMILES string of the molecule is CC1(C)C(NN)C1(C)C. The Morgan fingerprint density at radius 1 is 1.11 bits per heavy atom. The van der Waals surface area contributed by atoms with Gasteiger partial charge in [-0.15, -0.1) is 0 Å². The first-order chi connectivity index (χ1) is 3.94. The van der Waals surface area contributed by atoms with Crippen LogP contribution in [0.25, 0.3) is 0 Å². The van der Waals surface area contributed by atoms with Crippen LogP contribution >= 0.6 is 0 Å². The topological polar surface area (TPSA) is 38.0 Å². The van der Waals surface area contributed by atoms with Gasteiger partial charge < -0.3 is 0 Å². The van der Waals surface area contributed by atoms with Crippen molar-refractivity contribution >= 4 is 0 Å². The van der Waals surface area contributed by atoms with Gasteiger partial charge in [0.05, 0.1) is 0 Å². The fraction of sp³-hybridized carbons (Fsp3) is 1.00. The smallest absolute Gasteiger partial charge is 0.0324 e. The minimum Gasteiger partial charge on any atom is -0.271 e. The normalized spacial score (nSPS) is 30.3. The maximum Gasteiger partial charge on any atom is 0.0324 e. The minimum absolute atomic E-state index is 0.377. The lowest BCUT2D eigenvalue weighted by atomic mass is 10.0. The molecule has 1 rings (SSSR count). The predicted molar refractivity (Wildman–Crippen MR) is 38.7 cm³/mol. The number of nitrogens with two attached hydrogens (primary N) is 1. The second-order valence-electron chi connectivity index (χ2n) is 4.04. The Morgan fingerprint density at radius 2 is 1.44 bits per heavy atom. The molecule has 1 aliphatic rings. The Labute approximate surface area is 56.8 Å². The van der Waals surface area contributed by atoms with E-state index in [2.05, 4.69) is 33.1 Å². The maximum atomic E-state index is 5.34. The number of hydrogen-bond acceptors (Lipinski definition) is 2. The van der Waals surface area contributed by atoms with Crippen molar-refractivity contribution in [3.63, 3.8) is 0 Å². The zero-order valence-corrected chi connectivity index (χ0v) is 6.65. The molecule has 2 heteroatoms. The van der Waals surface area contributed by atoms with Crippen molar-refractivity contribution in [2.45, 2.75) is 33.7 Å². The Morgan fingerprint density at radius 3 is 1.44 bits per heavy atom. The molecule has 0 radical (unpaired) electrons. The highest BCUT2D eigenvalue weighted by Gasteiger charge is 2.64. The molecule has 1 aliphatic carbocycles. The number of rotatable bonds is 1. The standard InChI is InChI=1S/C7H16N2/c1-6(2)5(9-8)7(6,3)4/h5,9H,8H2,1-4H3. The summed E-state index contributed by atoms with van der Waals surface area (Å²) >= 11 is 0. The lowest BCUT2D eigenvalue weighted by molar-refractivity contribution is 0.457. The molecular formula is C7H16N2. The van der Waals surface area contributed by atoms with E-state index in [1.807, 2.05) is 0 Å². The summed E-state index contributed by atoms with van der Waals surface area (Å²) in [5, 5.41) is 0. The first kappa shape index (κ1) is 7.03. The van der Waals surface area contributed by atoms with E-state index >= 15 is 0 Å². The molecule has 0 atom stereocenters. The van der Waals surface area contributed by atoms with Crippen molar-refractivity contribution in [3.05, 3.63) is 0 Å². The minimum atomic E-state index is 0.377. The van der Waals surface area contributed by atoms with Crippen molar-refractivity contribution in [3.8, 4) is 0 Å². The van der Waals surface area contributed by atoms with Crippen LogP contribution in [0, 0.1) is 10.8 Å². The lowest BCUT2D eigenvalue weighted by Crippen LogP contribution is -2.29. The third-order valence-corrected chi connectivity index (χ3v) is 3.19. The summed E-state index contributed by atoms with van der Waals surface area (Å²) < 4.78 is 0. The van der Waals surface area contributed by atoms with E-state index in [1.54, 1.807) is 0 Å². The summed E-state index contributed by atoms with van der Waals surface area (Å²) in [7, 11) is 0. The molecule has 0 aromatic heterocycles. The summed E-state index contributed by atoms with van der Waals surface area (Å²) in [5.41, 5.74) is 3.57. The summed E-state index contributed by atoms with van der Waals surface area (Å²) in [6, 6.07) is 0.491. The average Bonchev–Trinajstić information content (AvgIpc) is 2.00. The predicted octanol–water partition coefficient (Wildman–Crippen LogP) is 0.884. The molecule has 3 N–H and O–H groups in total. The van der Waals surface area contributed by atoms with E-state index in [-0.39, 0.29) is 0 Å². The number of nitrogens with one attached hydrogen (secondary N) is 1. The van der Waals surface area contributed by atoms with E-state index in [0.29, 0.717) is 16.9 Å². The van der Waals surface area contributed by atoms with Crippen molar-refractivity contribution in [1.82, 2.24) is 5.43 Å². The molecular weight excluding hydrogens is 112 g/mol. The molecule has 0 amide bonds. The zero-order chi connectivity index (χ0) is 7.28. The third kappa shape index (κ3) is 0.634. The van der Waals surface area contributed by atoms with Crippen LogP contribution in [0.15, 0.2) is 0 Å². The van der Waals surface area contributed by atoms with Gasteiger partial charge in [0, 0.05) is 6.04 Å². The lowest BCUT2D eigenvalue weighted by Gasteiger charge is -2.03. The van der Waals surface area contributed by atoms with Crippen LogP contribution in [-0.4, -0.2) is 6.04 Å². The highest BCUT2D eigenvalue weighted by Crippen LogP contribution is 2.62. The van der Waals surface area contributed by atoms with Gasteiger partial charge in [-0.05, 0) is 10.8 Å². The molecule has 2 nitrogen and oxygen atoms in total. The highest BCUT2D eigenvalue weighted by molar-refractivity contribution is 5.16. The molecule has 0 bridgehead atoms. The van der Waals surface area contributed by atoms with E-state index < -0.39 is 0 Å². The average molecular weight is 128 g/mol. The fourth-order valence-corrected chi connectivity index (χ4v) is 1.61. The van der Waals surface area contributed by atoms with Crippen LogP contribution in [-0.2, 0) is 0 Å².